The van der Waals surface area contributed by atoms with Gasteiger partial charge in [-0.3, -0.25) is 9.59 Å². The van der Waals surface area contributed by atoms with E-state index in [0.717, 1.165) is 43.5 Å². The van der Waals surface area contributed by atoms with Gasteiger partial charge in [-0.05, 0) is 86.7 Å². The minimum Gasteiger partial charge on any atom is -0.334 e. The molecule has 5 nitrogen and oxygen atoms in total. The zero-order valence-electron chi connectivity index (χ0n) is 18.4. The van der Waals surface area contributed by atoms with Gasteiger partial charge in [0.1, 0.15) is 0 Å². The lowest BCUT2D eigenvalue weighted by molar-refractivity contribution is 0.0703. The Labute approximate surface area is 194 Å². The Hall–Kier alpha value is -2.37. The van der Waals surface area contributed by atoms with Crippen molar-refractivity contribution in [3.05, 3.63) is 69.7 Å². The smallest absolute Gasteiger partial charge is 0.254 e. The van der Waals surface area contributed by atoms with E-state index in [1.165, 1.54) is 31.5 Å². The van der Waals surface area contributed by atoms with Gasteiger partial charge in [-0.1, -0.05) is 23.7 Å². The number of halogens is 1. The molecule has 3 heterocycles. The molecule has 32 heavy (non-hydrogen) atoms. The number of amides is 2. The number of benzene rings is 2. The first-order valence-corrected chi connectivity index (χ1v) is 12.2. The van der Waals surface area contributed by atoms with E-state index in [2.05, 4.69) is 15.9 Å². The first kappa shape index (κ1) is 21.5. The van der Waals surface area contributed by atoms with E-state index < -0.39 is 0 Å². The van der Waals surface area contributed by atoms with E-state index in [9.17, 15) is 9.59 Å². The molecule has 2 aromatic carbocycles. The van der Waals surface area contributed by atoms with E-state index in [1.54, 1.807) is 24.3 Å². The summed E-state index contributed by atoms with van der Waals surface area (Å²) in [6.45, 7) is 5.42. The van der Waals surface area contributed by atoms with Gasteiger partial charge in [0.2, 0.25) is 0 Å². The standard InChI is InChI=1S/C26H30ClN3O2/c27-23-6-3-5-20(16-23)25(31)29-14-10-19-15-21(8-9-22(19)17-29)26(32)30-13-4-7-24(30)18-28-11-1-2-12-28/h3,5-6,8-9,15-16,24H,1-2,4,7,10-14,17-18H2. The van der Waals surface area contributed by atoms with E-state index in [1.807, 2.05) is 17.0 Å². The maximum Gasteiger partial charge on any atom is 0.254 e. The van der Waals surface area contributed by atoms with Crippen LogP contribution in [-0.2, 0) is 13.0 Å². The van der Waals surface area contributed by atoms with Crippen molar-refractivity contribution in [2.75, 3.05) is 32.7 Å². The summed E-state index contributed by atoms with van der Waals surface area (Å²) in [5, 5.41) is 0.571. The van der Waals surface area contributed by atoms with Crippen LogP contribution in [0.1, 0.15) is 57.5 Å². The Bertz CT molecular complexity index is 1020. The van der Waals surface area contributed by atoms with Crippen molar-refractivity contribution in [1.82, 2.24) is 14.7 Å². The highest BCUT2D eigenvalue weighted by Gasteiger charge is 2.32. The summed E-state index contributed by atoms with van der Waals surface area (Å²) in [5.41, 5.74) is 3.71. The van der Waals surface area contributed by atoms with Crippen molar-refractivity contribution < 1.29 is 9.59 Å². The van der Waals surface area contributed by atoms with E-state index in [0.29, 0.717) is 29.7 Å². The Morgan fingerprint density at radius 3 is 2.50 bits per heavy atom. The third-order valence-corrected chi connectivity index (χ3v) is 7.36. The number of carbonyl (C=O) groups excluding carboxylic acids is 2. The number of rotatable bonds is 4. The van der Waals surface area contributed by atoms with Gasteiger partial charge >= 0.3 is 0 Å². The fourth-order valence-electron chi connectivity index (χ4n) is 5.39. The monoisotopic (exact) mass is 451 g/mol. The van der Waals surface area contributed by atoms with Crippen molar-refractivity contribution in [2.24, 2.45) is 0 Å². The van der Waals surface area contributed by atoms with Gasteiger partial charge in [-0.2, -0.15) is 0 Å². The van der Waals surface area contributed by atoms with Crippen molar-refractivity contribution >= 4 is 23.4 Å². The zero-order valence-corrected chi connectivity index (χ0v) is 19.2. The molecular formula is C26H30ClN3O2. The topological polar surface area (TPSA) is 43.9 Å². The van der Waals surface area contributed by atoms with Crippen LogP contribution in [0.2, 0.25) is 5.02 Å². The molecular weight excluding hydrogens is 422 g/mol. The molecule has 2 fully saturated rings. The predicted octanol–water partition coefficient (Wildman–Crippen LogP) is 4.24. The van der Waals surface area contributed by atoms with Crippen LogP contribution < -0.4 is 0 Å². The molecule has 168 valence electrons. The maximum atomic E-state index is 13.3. The number of carbonyl (C=O) groups is 2. The Morgan fingerprint density at radius 2 is 1.69 bits per heavy atom. The lowest BCUT2D eigenvalue weighted by atomic mass is 9.96. The fourth-order valence-corrected chi connectivity index (χ4v) is 5.58. The Kier molecular flexibility index (Phi) is 6.20. The number of hydrogen-bond donors (Lipinski definition) is 0. The third-order valence-electron chi connectivity index (χ3n) is 7.13. The minimum atomic E-state index is 0.000115. The van der Waals surface area contributed by atoms with E-state index in [4.69, 9.17) is 11.6 Å². The molecule has 0 bridgehead atoms. The van der Waals surface area contributed by atoms with Gasteiger partial charge in [0.05, 0.1) is 0 Å². The number of nitrogens with zero attached hydrogens (tertiary/aromatic N) is 3. The summed E-state index contributed by atoms with van der Waals surface area (Å²) >= 11 is 6.06. The quantitative estimate of drug-likeness (QED) is 0.698. The average Bonchev–Trinajstić information content (AvgIpc) is 3.50. The van der Waals surface area contributed by atoms with Gasteiger partial charge in [0.25, 0.3) is 11.8 Å². The molecule has 2 amide bonds. The van der Waals surface area contributed by atoms with Gasteiger partial charge < -0.3 is 14.7 Å². The maximum absolute atomic E-state index is 13.3. The largest absolute Gasteiger partial charge is 0.334 e. The van der Waals surface area contributed by atoms with Crippen molar-refractivity contribution in [3.8, 4) is 0 Å². The summed E-state index contributed by atoms with van der Waals surface area (Å²) < 4.78 is 0. The second kappa shape index (κ2) is 9.24. The number of likely N-dealkylation sites (tertiary alicyclic amines) is 2. The molecule has 0 spiro atoms. The first-order valence-electron chi connectivity index (χ1n) is 11.8. The van der Waals surface area contributed by atoms with E-state index in [-0.39, 0.29) is 11.8 Å². The summed E-state index contributed by atoms with van der Waals surface area (Å²) in [4.78, 5) is 32.7. The van der Waals surface area contributed by atoms with E-state index >= 15 is 0 Å². The van der Waals surface area contributed by atoms with Crippen LogP contribution in [0.5, 0.6) is 0 Å². The summed E-state index contributed by atoms with van der Waals surface area (Å²) in [7, 11) is 0. The second-order valence-corrected chi connectivity index (χ2v) is 9.71. The van der Waals surface area contributed by atoms with Crippen LogP contribution in [0, 0.1) is 0 Å². The Balaban J connectivity index is 1.27. The van der Waals surface area contributed by atoms with Gasteiger partial charge in [-0.25, -0.2) is 0 Å². The molecule has 1 atom stereocenters. The highest BCUT2D eigenvalue weighted by Crippen LogP contribution is 2.26. The molecule has 2 saturated heterocycles. The third kappa shape index (κ3) is 4.41. The summed E-state index contributed by atoms with van der Waals surface area (Å²) in [6.07, 6.45) is 5.52. The molecule has 3 aliphatic rings. The van der Waals surface area contributed by atoms with Crippen LogP contribution >= 0.6 is 11.6 Å². The first-order chi connectivity index (χ1) is 15.6. The molecule has 0 saturated carbocycles. The van der Waals surface area contributed by atoms with Crippen molar-refractivity contribution in [3.63, 3.8) is 0 Å². The summed E-state index contributed by atoms with van der Waals surface area (Å²) in [6, 6.07) is 13.5. The van der Waals surface area contributed by atoms with Crippen LogP contribution in [0.4, 0.5) is 0 Å². The van der Waals surface area contributed by atoms with Crippen LogP contribution in [-0.4, -0.2) is 65.3 Å². The molecule has 0 N–H and O–H groups in total. The summed E-state index contributed by atoms with van der Waals surface area (Å²) in [5.74, 6) is 0.159. The van der Waals surface area contributed by atoms with Gasteiger partial charge in [0.15, 0.2) is 0 Å². The van der Waals surface area contributed by atoms with Crippen LogP contribution in [0.3, 0.4) is 0 Å². The average molecular weight is 452 g/mol. The fraction of sp³-hybridized carbons (Fsp3) is 0.462. The molecule has 6 heteroatoms. The lowest BCUT2D eigenvalue weighted by Crippen LogP contribution is -2.42. The Morgan fingerprint density at radius 1 is 0.875 bits per heavy atom. The molecule has 0 radical (unpaired) electrons. The highest BCUT2D eigenvalue weighted by molar-refractivity contribution is 6.30. The van der Waals surface area contributed by atoms with Gasteiger partial charge in [-0.15, -0.1) is 0 Å². The molecule has 3 aliphatic heterocycles. The van der Waals surface area contributed by atoms with Crippen LogP contribution in [0.25, 0.3) is 0 Å². The highest BCUT2D eigenvalue weighted by atomic mass is 35.5. The predicted molar refractivity (Wildman–Crippen MR) is 126 cm³/mol. The molecule has 0 aliphatic carbocycles. The van der Waals surface area contributed by atoms with Crippen molar-refractivity contribution in [2.45, 2.75) is 44.7 Å². The number of fused-ring (bicyclic) bond motifs is 1. The SMILES string of the molecule is O=C(c1cccc(Cl)c1)N1CCc2cc(C(=O)N3CCCC3CN3CCCC3)ccc2C1. The second-order valence-electron chi connectivity index (χ2n) is 9.27. The number of hydrogen-bond acceptors (Lipinski definition) is 3. The van der Waals surface area contributed by atoms with Gasteiger partial charge in [0, 0.05) is 48.4 Å². The van der Waals surface area contributed by atoms with Crippen molar-refractivity contribution in [1.29, 1.82) is 0 Å². The zero-order chi connectivity index (χ0) is 22.1. The van der Waals surface area contributed by atoms with Crippen LogP contribution in [0.15, 0.2) is 42.5 Å². The lowest BCUT2D eigenvalue weighted by Gasteiger charge is -2.31. The molecule has 5 rings (SSSR count). The molecule has 2 aromatic rings. The normalized spacial score (nSPS) is 21.1. The molecule has 1 unspecified atom stereocenters. The molecule has 0 aromatic heterocycles. The minimum absolute atomic E-state index is 0.000115.